The molecule has 8 nitrogen and oxygen atoms in total. The average Bonchev–Trinajstić information content (AvgIpc) is 3.51. The van der Waals surface area contributed by atoms with E-state index in [-0.39, 0.29) is 37.1 Å². The van der Waals surface area contributed by atoms with Gasteiger partial charge in [-0.05, 0) is 61.3 Å². The Labute approximate surface area is 217 Å². The molecule has 2 fully saturated rings. The monoisotopic (exact) mass is 506 g/mol. The van der Waals surface area contributed by atoms with Gasteiger partial charge in [-0.15, -0.1) is 0 Å². The summed E-state index contributed by atoms with van der Waals surface area (Å²) in [6.45, 7) is 0.118. The van der Waals surface area contributed by atoms with E-state index in [1.807, 2.05) is 48.5 Å². The number of carboxylic acid groups (broad SMARTS) is 1. The minimum Gasteiger partial charge on any atom is -0.481 e. The third kappa shape index (κ3) is 7.67. The highest BCUT2D eigenvalue weighted by atomic mass is 16.6. The Hall–Kier alpha value is -3.65. The third-order valence-electron chi connectivity index (χ3n) is 7.03. The number of nitrogens with one attached hydrogen (secondary N) is 2. The second kappa shape index (κ2) is 13.1. The number of hydrogen-bond acceptors (Lipinski definition) is 5. The van der Waals surface area contributed by atoms with E-state index in [1.54, 1.807) is 12.1 Å². The van der Waals surface area contributed by atoms with Crippen molar-refractivity contribution in [3.8, 4) is 11.1 Å². The number of carbonyl (C=O) groups excluding carboxylic acids is 2. The lowest BCUT2D eigenvalue weighted by Gasteiger charge is -2.27. The quantitative estimate of drug-likeness (QED) is 0.275. The maximum atomic E-state index is 12.3. The maximum absolute atomic E-state index is 12.3. The van der Waals surface area contributed by atoms with E-state index in [0.717, 1.165) is 36.8 Å². The summed E-state index contributed by atoms with van der Waals surface area (Å²) in [5.74, 6) is -0.592. The largest absolute Gasteiger partial charge is 0.481 e. The van der Waals surface area contributed by atoms with Gasteiger partial charge < -0.3 is 19.9 Å². The van der Waals surface area contributed by atoms with Crippen molar-refractivity contribution in [2.24, 2.45) is 11.8 Å². The summed E-state index contributed by atoms with van der Waals surface area (Å²) < 4.78 is 11.2. The molecule has 4 rings (SSSR count). The molecular weight excluding hydrogens is 472 g/mol. The second-order valence-electron chi connectivity index (χ2n) is 9.56. The van der Waals surface area contributed by atoms with Crippen LogP contribution in [0.2, 0.25) is 0 Å². The molecule has 2 aromatic carbocycles. The molecule has 196 valence electrons. The Morgan fingerprint density at radius 3 is 2.38 bits per heavy atom. The predicted octanol–water partition coefficient (Wildman–Crippen LogP) is 5.01. The number of carboxylic acids is 1. The summed E-state index contributed by atoms with van der Waals surface area (Å²) in [5.41, 5.74) is 2.71. The molecule has 0 radical (unpaired) electrons. The molecule has 0 spiro atoms. The number of aliphatic carboxylic acids is 1. The normalized spacial score (nSPS) is 22.2. The molecule has 2 aliphatic rings. The second-order valence-corrected chi connectivity index (χ2v) is 9.56. The Morgan fingerprint density at radius 2 is 1.65 bits per heavy atom. The van der Waals surface area contributed by atoms with Crippen molar-refractivity contribution >= 4 is 23.7 Å². The molecule has 0 unspecified atom stereocenters. The Morgan fingerprint density at radius 1 is 0.946 bits per heavy atom. The lowest BCUT2D eigenvalue weighted by molar-refractivity contribution is -0.137. The van der Waals surface area contributed by atoms with Crippen LogP contribution in [0.15, 0.2) is 66.7 Å². The number of rotatable bonds is 12. The molecule has 2 saturated heterocycles. The number of allylic oxidation sites excluding steroid dienone is 2. The minimum absolute atomic E-state index is 0.138. The van der Waals surface area contributed by atoms with Crippen LogP contribution in [0.25, 0.3) is 11.1 Å². The molecule has 3 N–H and O–H groups in total. The zero-order chi connectivity index (χ0) is 26.0. The number of fused-ring (bicyclic) bond motifs is 2. The average molecular weight is 507 g/mol. The number of amides is 2. The Balaban J connectivity index is 1.17. The first kappa shape index (κ1) is 26.4. The summed E-state index contributed by atoms with van der Waals surface area (Å²) in [7, 11) is 0. The SMILES string of the molecule is O=C(O)CCCC=CC[C@@H]1[C@H](CNC(=O)COC(=O)Nc2ccc(-c3ccccc3)cc2)[C@@H]2CC[C@H]1O2. The van der Waals surface area contributed by atoms with Crippen molar-refractivity contribution in [2.75, 3.05) is 18.5 Å². The fourth-order valence-electron chi connectivity index (χ4n) is 5.17. The van der Waals surface area contributed by atoms with Crippen molar-refractivity contribution < 1.29 is 29.0 Å². The van der Waals surface area contributed by atoms with E-state index >= 15 is 0 Å². The van der Waals surface area contributed by atoms with Crippen LogP contribution in [0.5, 0.6) is 0 Å². The van der Waals surface area contributed by atoms with Gasteiger partial charge in [-0.25, -0.2) is 4.79 Å². The van der Waals surface area contributed by atoms with E-state index in [9.17, 15) is 14.4 Å². The summed E-state index contributed by atoms with van der Waals surface area (Å²) in [6, 6.07) is 17.3. The minimum atomic E-state index is -0.773. The standard InChI is InChI=1S/C29H34N2O6/c32-27(19-36-29(35)31-22-14-12-21(13-15-22)20-8-4-3-5-9-20)30-18-24-23(25-16-17-26(24)37-25)10-6-1-2-7-11-28(33)34/h1,3-6,8-9,12-15,23-26H,2,7,10-11,16-19H2,(H,30,32)(H,31,35)(H,33,34)/t23-,24+,25-,26+/m1/s1. The molecule has 2 heterocycles. The highest BCUT2D eigenvalue weighted by molar-refractivity contribution is 5.87. The fourth-order valence-corrected chi connectivity index (χ4v) is 5.17. The lowest BCUT2D eigenvalue weighted by Crippen LogP contribution is -2.39. The molecule has 2 aliphatic heterocycles. The van der Waals surface area contributed by atoms with E-state index in [0.29, 0.717) is 24.6 Å². The molecule has 2 bridgehead atoms. The summed E-state index contributed by atoms with van der Waals surface area (Å²) in [6.07, 6.45) is 8.21. The number of anilines is 1. The van der Waals surface area contributed by atoms with Gasteiger partial charge in [-0.3, -0.25) is 14.9 Å². The van der Waals surface area contributed by atoms with E-state index in [2.05, 4.69) is 16.7 Å². The molecule has 4 atom stereocenters. The van der Waals surface area contributed by atoms with Gasteiger partial charge in [0.25, 0.3) is 5.91 Å². The third-order valence-corrected chi connectivity index (χ3v) is 7.03. The molecule has 0 saturated carbocycles. The first-order valence-electron chi connectivity index (χ1n) is 12.9. The van der Waals surface area contributed by atoms with Crippen LogP contribution in [0.1, 0.15) is 38.5 Å². The smallest absolute Gasteiger partial charge is 0.412 e. The highest BCUT2D eigenvalue weighted by Crippen LogP contribution is 2.44. The van der Waals surface area contributed by atoms with Gasteiger partial charge in [0.05, 0.1) is 12.2 Å². The van der Waals surface area contributed by atoms with E-state index in [4.69, 9.17) is 14.6 Å². The topological polar surface area (TPSA) is 114 Å². The van der Waals surface area contributed by atoms with Crippen molar-refractivity contribution in [3.63, 3.8) is 0 Å². The molecule has 0 aromatic heterocycles. The summed E-state index contributed by atoms with van der Waals surface area (Å²) in [5, 5.41) is 14.3. The molecule has 2 amide bonds. The van der Waals surface area contributed by atoms with E-state index in [1.165, 1.54) is 0 Å². The number of carbonyl (C=O) groups is 3. The van der Waals surface area contributed by atoms with Gasteiger partial charge in [-0.2, -0.15) is 0 Å². The molecule has 8 heteroatoms. The van der Waals surface area contributed by atoms with Gasteiger partial charge >= 0.3 is 12.1 Å². The van der Waals surface area contributed by atoms with Crippen LogP contribution in [-0.2, 0) is 19.1 Å². The summed E-state index contributed by atoms with van der Waals surface area (Å²) in [4.78, 5) is 35.1. The fraction of sp³-hybridized carbons (Fsp3) is 0.414. The van der Waals surface area contributed by atoms with Crippen LogP contribution in [0.4, 0.5) is 10.5 Å². The predicted molar refractivity (Wildman–Crippen MR) is 140 cm³/mol. The zero-order valence-electron chi connectivity index (χ0n) is 20.8. The Bertz CT molecular complexity index is 1090. The number of hydrogen-bond donors (Lipinski definition) is 3. The zero-order valence-corrected chi connectivity index (χ0v) is 20.8. The number of ether oxygens (including phenoxy) is 2. The Kier molecular flexibility index (Phi) is 9.32. The van der Waals surface area contributed by atoms with Gasteiger partial charge in [0.2, 0.25) is 0 Å². The van der Waals surface area contributed by atoms with Crippen LogP contribution in [0, 0.1) is 11.8 Å². The van der Waals surface area contributed by atoms with Crippen molar-refractivity contribution in [3.05, 3.63) is 66.7 Å². The van der Waals surface area contributed by atoms with Crippen molar-refractivity contribution in [1.29, 1.82) is 0 Å². The van der Waals surface area contributed by atoms with Gasteiger partial charge in [0.15, 0.2) is 6.61 Å². The van der Waals surface area contributed by atoms with E-state index < -0.39 is 12.1 Å². The van der Waals surface area contributed by atoms with Crippen LogP contribution >= 0.6 is 0 Å². The lowest BCUT2D eigenvalue weighted by atomic mass is 9.77. The number of unbranched alkanes of at least 4 members (excludes halogenated alkanes) is 1. The van der Waals surface area contributed by atoms with Crippen LogP contribution in [-0.4, -0.2) is 48.4 Å². The first-order chi connectivity index (χ1) is 18.0. The first-order valence-corrected chi connectivity index (χ1v) is 12.9. The van der Waals surface area contributed by atoms with Crippen molar-refractivity contribution in [1.82, 2.24) is 5.32 Å². The molecule has 37 heavy (non-hydrogen) atoms. The van der Waals surface area contributed by atoms with Gasteiger partial charge in [-0.1, -0.05) is 54.6 Å². The highest BCUT2D eigenvalue weighted by Gasteiger charge is 2.47. The molecule has 2 aromatic rings. The van der Waals surface area contributed by atoms with Gasteiger partial charge in [0, 0.05) is 24.6 Å². The maximum Gasteiger partial charge on any atom is 0.412 e. The summed E-state index contributed by atoms with van der Waals surface area (Å²) >= 11 is 0. The van der Waals surface area contributed by atoms with Crippen LogP contribution < -0.4 is 10.6 Å². The number of benzene rings is 2. The van der Waals surface area contributed by atoms with Crippen molar-refractivity contribution in [2.45, 2.75) is 50.7 Å². The van der Waals surface area contributed by atoms with Crippen LogP contribution in [0.3, 0.4) is 0 Å². The van der Waals surface area contributed by atoms with Gasteiger partial charge in [0.1, 0.15) is 0 Å². The molecule has 0 aliphatic carbocycles. The molecular formula is C29H34N2O6.